The topological polar surface area (TPSA) is 33.1 Å². The van der Waals surface area contributed by atoms with Crippen LogP contribution >= 0.6 is 11.8 Å². The lowest BCUT2D eigenvalue weighted by Gasteiger charge is -2.04. The number of hydrogen-bond donors (Lipinski definition) is 1. The summed E-state index contributed by atoms with van der Waals surface area (Å²) in [7, 11) is 0. The van der Waals surface area contributed by atoms with Crippen molar-refractivity contribution >= 4 is 11.8 Å². The normalized spacial score (nSPS) is 11.6. The van der Waals surface area contributed by atoms with Crippen LogP contribution in [0.15, 0.2) is 23.4 Å². The second-order valence-corrected chi connectivity index (χ2v) is 2.93. The predicted molar refractivity (Wildman–Crippen MR) is 37.8 cm³/mol. The highest BCUT2D eigenvalue weighted by molar-refractivity contribution is 8.00. The van der Waals surface area contributed by atoms with Gasteiger partial charge in [-0.2, -0.15) is 13.2 Å². The van der Waals surface area contributed by atoms with Crippen molar-refractivity contribution in [1.29, 1.82) is 0 Å². The van der Waals surface area contributed by atoms with E-state index in [0.717, 1.165) is 6.07 Å². The van der Waals surface area contributed by atoms with Crippen molar-refractivity contribution in [2.24, 2.45) is 0 Å². The molecular weight excluding hydrogens is 191 g/mol. The fourth-order valence-corrected chi connectivity index (χ4v) is 1.08. The lowest BCUT2D eigenvalue weighted by molar-refractivity contribution is -0.0330. The summed E-state index contributed by atoms with van der Waals surface area (Å²) in [6, 6.07) is 2.51. The van der Waals surface area contributed by atoms with Gasteiger partial charge in [-0.15, -0.1) is 0 Å². The number of rotatable bonds is 1. The Morgan fingerprint density at radius 1 is 1.42 bits per heavy atom. The molecule has 2 nitrogen and oxygen atoms in total. The molecule has 0 unspecified atom stereocenters. The summed E-state index contributed by atoms with van der Waals surface area (Å²) in [5.41, 5.74) is -4.41. The summed E-state index contributed by atoms with van der Waals surface area (Å²) in [4.78, 5) is 3.36. The average Bonchev–Trinajstić information content (AvgIpc) is 1.91. The maximum Gasteiger partial charge on any atom is 0.447 e. The first-order valence-corrected chi connectivity index (χ1v) is 3.70. The fraction of sp³-hybridized carbons (Fsp3) is 0.167. The Hall–Kier alpha value is -0.910. The molecule has 66 valence electrons. The summed E-state index contributed by atoms with van der Waals surface area (Å²) >= 11 is -0.434. The third-order valence-corrected chi connectivity index (χ3v) is 1.70. The third kappa shape index (κ3) is 2.61. The van der Waals surface area contributed by atoms with E-state index < -0.39 is 28.0 Å². The van der Waals surface area contributed by atoms with E-state index in [1.165, 1.54) is 12.3 Å². The number of nitrogens with zero attached hydrogens (tertiary/aromatic N) is 1. The standard InChI is InChI=1S/C6H4F3NOS/c7-6(8,9)12-5-4(11)2-1-3-10-5/h1-3,11H. The third-order valence-electron chi connectivity index (χ3n) is 0.963. The second-order valence-electron chi connectivity index (χ2n) is 1.88. The van der Waals surface area contributed by atoms with Gasteiger partial charge in [-0.1, -0.05) is 0 Å². The Morgan fingerprint density at radius 3 is 2.58 bits per heavy atom. The van der Waals surface area contributed by atoms with Crippen LogP contribution in [0.5, 0.6) is 5.75 Å². The van der Waals surface area contributed by atoms with E-state index in [1.807, 2.05) is 0 Å². The Bertz CT molecular complexity index is 276. The van der Waals surface area contributed by atoms with Gasteiger partial charge in [-0.3, -0.25) is 0 Å². The lowest BCUT2D eigenvalue weighted by Crippen LogP contribution is -2.00. The van der Waals surface area contributed by atoms with E-state index in [2.05, 4.69) is 4.98 Å². The maximum absolute atomic E-state index is 11.7. The Labute approximate surface area is 70.4 Å². The molecule has 0 aliphatic rings. The molecule has 0 radical (unpaired) electrons. The van der Waals surface area contributed by atoms with Crippen LogP contribution in [0.3, 0.4) is 0 Å². The number of aromatic nitrogens is 1. The molecule has 0 aromatic carbocycles. The van der Waals surface area contributed by atoms with Gasteiger partial charge in [0.25, 0.3) is 0 Å². The van der Waals surface area contributed by atoms with Gasteiger partial charge in [0.15, 0.2) is 0 Å². The maximum atomic E-state index is 11.7. The second kappa shape index (κ2) is 3.22. The molecule has 0 saturated carbocycles. The molecule has 0 amide bonds. The fourth-order valence-electron chi connectivity index (χ4n) is 0.571. The Kier molecular flexibility index (Phi) is 2.46. The van der Waals surface area contributed by atoms with Gasteiger partial charge in [0.05, 0.1) is 0 Å². The van der Waals surface area contributed by atoms with E-state index in [1.54, 1.807) is 0 Å². The zero-order chi connectivity index (χ0) is 9.19. The molecule has 0 saturated heterocycles. The first-order valence-electron chi connectivity index (χ1n) is 2.89. The molecule has 1 heterocycles. The van der Waals surface area contributed by atoms with Crippen LogP contribution in [-0.2, 0) is 0 Å². The zero-order valence-electron chi connectivity index (χ0n) is 5.67. The number of hydrogen-bond acceptors (Lipinski definition) is 3. The van der Waals surface area contributed by atoms with Crippen LogP contribution in [0.2, 0.25) is 0 Å². The number of thioether (sulfide) groups is 1. The van der Waals surface area contributed by atoms with Crippen LogP contribution in [0.4, 0.5) is 13.2 Å². The highest BCUT2D eigenvalue weighted by atomic mass is 32.2. The Morgan fingerprint density at radius 2 is 2.08 bits per heavy atom. The van der Waals surface area contributed by atoms with Crippen LogP contribution in [0.25, 0.3) is 0 Å². The predicted octanol–water partition coefficient (Wildman–Crippen LogP) is 2.40. The summed E-state index contributed by atoms with van der Waals surface area (Å²) < 4.78 is 35.2. The number of alkyl halides is 3. The molecule has 1 aromatic heterocycles. The molecule has 0 spiro atoms. The molecule has 0 atom stereocenters. The van der Waals surface area contributed by atoms with Crippen LogP contribution < -0.4 is 0 Å². The molecule has 1 rings (SSSR count). The largest absolute Gasteiger partial charge is 0.505 e. The summed E-state index contributed by atoms with van der Waals surface area (Å²) in [5, 5.41) is 8.46. The highest BCUT2D eigenvalue weighted by Crippen LogP contribution is 2.39. The van der Waals surface area contributed by atoms with Gasteiger partial charge in [0, 0.05) is 18.0 Å². The minimum absolute atomic E-state index is 0.426. The van der Waals surface area contributed by atoms with Crippen LogP contribution in [-0.4, -0.2) is 15.6 Å². The molecule has 0 aliphatic heterocycles. The van der Waals surface area contributed by atoms with E-state index >= 15 is 0 Å². The zero-order valence-corrected chi connectivity index (χ0v) is 6.49. The van der Waals surface area contributed by atoms with Gasteiger partial charge in [-0.25, -0.2) is 4.98 Å². The van der Waals surface area contributed by atoms with Gasteiger partial charge in [0.1, 0.15) is 10.8 Å². The quantitative estimate of drug-likeness (QED) is 0.698. The average molecular weight is 195 g/mol. The summed E-state index contributed by atoms with van der Waals surface area (Å²) in [6.45, 7) is 0. The van der Waals surface area contributed by atoms with Gasteiger partial charge in [-0.05, 0) is 12.1 Å². The van der Waals surface area contributed by atoms with Gasteiger partial charge in [0.2, 0.25) is 0 Å². The number of pyridine rings is 1. The summed E-state index contributed by atoms with van der Waals surface area (Å²) in [5.74, 6) is -0.458. The van der Waals surface area contributed by atoms with Crippen molar-refractivity contribution in [2.45, 2.75) is 10.5 Å². The van der Waals surface area contributed by atoms with E-state index in [-0.39, 0.29) is 0 Å². The van der Waals surface area contributed by atoms with Crippen LogP contribution in [0.1, 0.15) is 0 Å². The lowest BCUT2D eigenvalue weighted by atomic mass is 10.5. The molecule has 0 fully saturated rings. The Balaban J connectivity index is 2.83. The molecule has 6 heteroatoms. The molecule has 1 N–H and O–H groups in total. The minimum atomic E-state index is -4.41. The molecule has 12 heavy (non-hydrogen) atoms. The molecule has 0 aliphatic carbocycles. The van der Waals surface area contributed by atoms with E-state index in [4.69, 9.17) is 5.11 Å². The molecule has 0 bridgehead atoms. The molecule has 1 aromatic rings. The first kappa shape index (κ1) is 9.18. The van der Waals surface area contributed by atoms with Crippen molar-refractivity contribution in [1.82, 2.24) is 4.98 Å². The number of aromatic hydroxyl groups is 1. The monoisotopic (exact) mass is 195 g/mol. The van der Waals surface area contributed by atoms with Crippen molar-refractivity contribution < 1.29 is 18.3 Å². The van der Waals surface area contributed by atoms with Crippen LogP contribution in [0, 0.1) is 0 Å². The molecular formula is C6H4F3NOS. The van der Waals surface area contributed by atoms with Crippen molar-refractivity contribution in [3.05, 3.63) is 18.3 Å². The van der Waals surface area contributed by atoms with E-state index in [0.29, 0.717) is 0 Å². The van der Waals surface area contributed by atoms with E-state index in [9.17, 15) is 13.2 Å². The van der Waals surface area contributed by atoms with Crippen molar-refractivity contribution in [3.63, 3.8) is 0 Å². The number of halogens is 3. The smallest absolute Gasteiger partial charge is 0.447 e. The SMILES string of the molecule is Oc1cccnc1SC(F)(F)F. The minimum Gasteiger partial charge on any atom is -0.505 e. The highest BCUT2D eigenvalue weighted by Gasteiger charge is 2.31. The van der Waals surface area contributed by atoms with Crippen molar-refractivity contribution in [3.8, 4) is 5.75 Å². The first-order chi connectivity index (χ1) is 5.49. The van der Waals surface area contributed by atoms with Gasteiger partial charge >= 0.3 is 5.51 Å². The summed E-state index contributed by atoms with van der Waals surface area (Å²) in [6.07, 6.45) is 1.19. The van der Waals surface area contributed by atoms with Gasteiger partial charge < -0.3 is 5.11 Å². The van der Waals surface area contributed by atoms with Crippen molar-refractivity contribution in [2.75, 3.05) is 0 Å².